The number of hydrogen-bond donors (Lipinski definition) is 1. The van der Waals surface area contributed by atoms with Crippen LogP contribution >= 0.6 is 0 Å². The monoisotopic (exact) mass is 284 g/mol. The van der Waals surface area contributed by atoms with Gasteiger partial charge in [0.05, 0.1) is 32.2 Å². The Labute approximate surface area is 117 Å². The first-order valence-electron chi connectivity index (χ1n) is 6.73. The van der Waals surface area contributed by atoms with Crippen LogP contribution in [0.15, 0.2) is 0 Å². The van der Waals surface area contributed by atoms with Gasteiger partial charge >= 0.3 is 5.97 Å². The molecule has 0 aromatic rings. The molecule has 1 heterocycles. The molecule has 7 nitrogen and oxygen atoms in total. The highest BCUT2D eigenvalue weighted by Crippen LogP contribution is 2.09. The van der Waals surface area contributed by atoms with E-state index in [0.29, 0.717) is 6.42 Å². The number of esters is 1. The van der Waals surface area contributed by atoms with E-state index in [1.54, 1.807) is 11.8 Å². The minimum atomic E-state index is -0.473. The molecule has 112 valence electrons. The van der Waals surface area contributed by atoms with Crippen molar-refractivity contribution in [2.45, 2.75) is 39.2 Å². The maximum Gasteiger partial charge on any atom is 0.306 e. The molecule has 1 fully saturated rings. The molecule has 1 saturated heterocycles. The number of ether oxygens (including phenoxy) is 1. The minimum Gasteiger partial charge on any atom is -0.466 e. The molecule has 0 radical (unpaired) electrons. The van der Waals surface area contributed by atoms with E-state index in [1.165, 1.54) is 0 Å². The molecule has 0 aliphatic carbocycles. The third-order valence-electron chi connectivity index (χ3n) is 3.03. The van der Waals surface area contributed by atoms with E-state index >= 15 is 0 Å². The first-order valence-corrected chi connectivity index (χ1v) is 6.73. The number of ketones is 1. The summed E-state index contributed by atoms with van der Waals surface area (Å²) in [5, 5.41) is 2.25. The Hall–Kier alpha value is -1.76. The van der Waals surface area contributed by atoms with Crippen molar-refractivity contribution in [1.82, 2.24) is 10.2 Å². The van der Waals surface area contributed by atoms with Gasteiger partial charge < -0.3 is 4.74 Å². The SMILES string of the molecule is CCOC(=O)CCC(=O)CN1CC(=O)NC(=O)C1CC. The lowest BCUT2D eigenvalue weighted by molar-refractivity contribution is -0.145. The summed E-state index contributed by atoms with van der Waals surface area (Å²) in [6.07, 6.45) is 0.600. The van der Waals surface area contributed by atoms with E-state index in [2.05, 4.69) is 5.32 Å². The molecule has 1 rings (SSSR count). The van der Waals surface area contributed by atoms with Crippen LogP contribution in [0.5, 0.6) is 0 Å². The Bertz CT molecular complexity index is 408. The smallest absolute Gasteiger partial charge is 0.306 e. The van der Waals surface area contributed by atoms with Gasteiger partial charge in [-0.05, 0) is 13.3 Å². The fraction of sp³-hybridized carbons (Fsp3) is 0.692. The van der Waals surface area contributed by atoms with Crippen molar-refractivity contribution in [3.8, 4) is 0 Å². The maximum atomic E-state index is 11.8. The number of piperazine rings is 1. The van der Waals surface area contributed by atoms with Gasteiger partial charge in [-0.15, -0.1) is 0 Å². The molecular weight excluding hydrogens is 264 g/mol. The fourth-order valence-corrected chi connectivity index (χ4v) is 2.11. The lowest BCUT2D eigenvalue weighted by atomic mass is 10.1. The van der Waals surface area contributed by atoms with Crippen molar-refractivity contribution < 1.29 is 23.9 Å². The molecule has 0 saturated carbocycles. The molecule has 1 unspecified atom stereocenters. The second-order valence-corrected chi connectivity index (χ2v) is 4.59. The number of hydrogen-bond acceptors (Lipinski definition) is 6. The van der Waals surface area contributed by atoms with Crippen LogP contribution in [-0.2, 0) is 23.9 Å². The van der Waals surface area contributed by atoms with E-state index in [9.17, 15) is 19.2 Å². The first kappa shape index (κ1) is 16.3. The summed E-state index contributed by atoms with van der Waals surface area (Å²) in [5.74, 6) is -1.38. The number of nitrogens with one attached hydrogen (secondary N) is 1. The highest BCUT2D eigenvalue weighted by Gasteiger charge is 2.33. The van der Waals surface area contributed by atoms with Crippen LogP contribution in [0.2, 0.25) is 0 Å². The highest BCUT2D eigenvalue weighted by molar-refractivity contribution is 6.01. The number of carbonyl (C=O) groups is 4. The first-order chi connectivity index (χ1) is 9.47. The van der Waals surface area contributed by atoms with Crippen LogP contribution in [0.25, 0.3) is 0 Å². The van der Waals surface area contributed by atoms with Crippen molar-refractivity contribution in [3.63, 3.8) is 0 Å². The van der Waals surface area contributed by atoms with Crippen LogP contribution in [-0.4, -0.2) is 54.2 Å². The summed E-state index contributed by atoms with van der Waals surface area (Å²) in [4.78, 5) is 47.4. The molecule has 2 amide bonds. The zero-order chi connectivity index (χ0) is 15.1. The van der Waals surface area contributed by atoms with Crippen molar-refractivity contribution >= 4 is 23.6 Å². The molecule has 0 bridgehead atoms. The Balaban J connectivity index is 2.48. The number of Topliss-reactive ketones (excluding diaryl/α,β-unsaturated/α-hetero) is 1. The van der Waals surface area contributed by atoms with Crippen LogP contribution in [0, 0.1) is 0 Å². The quantitative estimate of drug-likeness (QED) is 0.507. The van der Waals surface area contributed by atoms with Crippen LogP contribution in [0.4, 0.5) is 0 Å². The van der Waals surface area contributed by atoms with Crippen LogP contribution < -0.4 is 5.32 Å². The van der Waals surface area contributed by atoms with Gasteiger partial charge in [-0.25, -0.2) is 0 Å². The Morgan fingerprint density at radius 2 is 2.00 bits per heavy atom. The normalized spacial score (nSPS) is 19.6. The highest BCUT2D eigenvalue weighted by atomic mass is 16.5. The second-order valence-electron chi connectivity index (χ2n) is 4.59. The number of amides is 2. The molecule has 1 aliphatic heterocycles. The van der Waals surface area contributed by atoms with E-state index in [1.807, 2.05) is 6.92 Å². The van der Waals surface area contributed by atoms with Crippen LogP contribution in [0.1, 0.15) is 33.1 Å². The van der Waals surface area contributed by atoms with Gasteiger partial charge in [-0.1, -0.05) is 6.92 Å². The Morgan fingerprint density at radius 3 is 2.60 bits per heavy atom. The molecule has 1 atom stereocenters. The van der Waals surface area contributed by atoms with Crippen molar-refractivity contribution in [2.24, 2.45) is 0 Å². The van der Waals surface area contributed by atoms with E-state index in [4.69, 9.17) is 4.74 Å². The van der Waals surface area contributed by atoms with Gasteiger partial charge in [0.2, 0.25) is 11.8 Å². The minimum absolute atomic E-state index is 0.00291. The average Bonchev–Trinajstić information content (AvgIpc) is 2.36. The molecule has 1 aliphatic rings. The van der Waals surface area contributed by atoms with Crippen LogP contribution in [0.3, 0.4) is 0 Å². The van der Waals surface area contributed by atoms with Crippen molar-refractivity contribution in [2.75, 3.05) is 19.7 Å². The number of rotatable bonds is 7. The third kappa shape index (κ3) is 4.73. The lowest BCUT2D eigenvalue weighted by Crippen LogP contribution is -2.58. The van der Waals surface area contributed by atoms with Gasteiger partial charge in [-0.2, -0.15) is 0 Å². The maximum absolute atomic E-state index is 11.8. The fourth-order valence-electron chi connectivity index (χ4n) is 2.11. The summed E-state index contributed by atoms with van der Waals surface area (Å²) in [6, 6.07) is -0.473. The molecular formula is C13H20N2O5. The third-order valence-corrected chi connectivity index (χ3v) is 3.03. The standard InChI is InChI=1S/C13H20N2O5/c1-3-10-13(19)14-11(17)8-15(10)7-9(16)5-6-12(18)20-4-2/h10H,3-8H2,1-2H3,(H,14,17,19). The molecule has 20 heavy (non-hydrogen) atoms. The number of nitrogens with zero attached hydrogens (tertiary/aromatic N) is 1. The predicted molar refractivity (Wildman–Crippen MR) is 69.7 cm³/mol. The van der Waals surface area contributed by atoms with Gasteiger partial charge in [0.15, 0.2) is 0 Å². The summed E-state index contributed by atoms with van der Waals surface area (Å²) in [6.45, 7) is 3.82. The summed E-state index contributed by atoms with van der Waals surface area (Å²) in [7, 11) is 0. The van der Waals surface area contributed by atoms with E-state index < -0.39 is 17.9 Å². The number of carbonyl (C=O) groups excluding carboxylic acids is 4. The molecule has 0 spiro atoms. The van der Waals surface area contributed by atoms with Crippen molar-refractivity contribution in [1.29, 1.82) is 0 Å². The largest absolute Gasteiger partial charge is 0.466 e. The molecule has 7 heteroatoms. The summed E-state index contributed by atoms with van der Waals surface area (Å²) in [5.41, 5.74) is 0. The molecule has 1 N–H and O–H groups in total. The van der Waals surface area contributed by atoms with E-state index in [0.717, 1.165) is 0 Å². The molecule has 0 aromatic heterocycles. The summed E-state index contributed by atoms with van der Waals surface area (Å²) < 4.78 is 4.74. The van der Waals surface area contributed by atoms with Gasteiger partial charge in [0, 0.05) is 6.42 Å². The lowest BCUT2D eigenvalue weighted by Gasteiger charge is -2.32. The topological polar surface area (TPSA) is 92.8 Å². The zero-order valence-electron chi connectivity index (χ0n) is 11.8. The van der Waals surface area contributed by atoms with Crippen molar-refractivity contribution in [3.05, 3.63) is 0 Å². The Morgan fingerprint density at radius 1 is 1.30 bits per heavy atom. The Kier molecular flexibility index (Phi) is 6.30. The second kappa shape index (κ2) is 7.74. The van der Waals surface area contributed by atoms with Gasteiger partial charge in [0.1, 0.15) is 5.78 Å². The number of imide groups is 1. The zero-order valence-corrected chi connectivity index (χ0v) is 11.8. The van der Waals surface area contributed by atoms with E-state index in [-0.39, 0.29) is 44.2 Å². The van der Waals surface area contributed by atoms with Gasteiger partial charge in [-0.3, -0.25) is 29.4 Å². The summed E-state index contributed by atoms with van der Waals surface area (Å²) >= 11 is 0. The van der Waals surface area contributed by atoms with Gasteiger partial charge in [0.25, 0.3) is 0 Å². The average molecular weight is 284 g/mol. The molecule has 0 aromatic carbocycles. The predicted octanol–water partition coefficient (Wildman–Crippen LogP) is -0.364.